The van der Waals surface area contributed by atoms with E-state index in [1.165, 1.54) is 64.8 Å². The highest BCUT2D eigenvalue weighted by atomic mass is 79.9. The summed E-state index contributed by atoms with van der Waals surface area (Å²) in [5.41, 5.74) is 3.11. The van der Waals surface area contributed by atoms with Gasteiger partial charge in [-0.15, -0.1) is 0 Å². The molecule has 4 bridgehead atoms. The number of anilines is 2. The smallest absolute Gasteiger partial charge is 0.409 e. The first kappa shape index (κ1) is 76.4. The van der Waals surface area contributed by atoms with Crippen LogP contribution in [0.1, 0.15) is 129 Å². The molecular formula is C62H88Br2Cl2N8O16. The first-order chi connectivity index (χ1) is 42.3. The summed E-state index contributed by atoms with van der Waals surface area (Å²) in [7, 11) is 5.70. The molecule has 8 N–H and O–H groups in total. The molecule has 0 radical (unpaired) electrons. The number of ether oxygens (including phenoxy) is 6. The average molecular weight is 1430 g/mol. The van der Waals surface area contributed by atoms with Crippen molar-refractivity contribution in [3.8, 4) is 5.75 Å². The quantitative estimate of drug-likeness (QED) is 0.0171. The minimum atomic E-state index is -1.92. The van der Waals surface area contributed by atoms with Gasteiger partial charge in [0.15, 0.2) is 5.72 Å². The van der Waals surface area contributed by atoms with Gasteiger partial charge in [-0.25, -0.2) is 14.4 Å². The van der Waals surface area contributed by atoms with Crippen LogP contribution in [0.2, 0.25) is 10.0 Å². The van der Waals surface area contributed by atoms with Crippen molar-refractivity contribution >= 4 is 120 Å². The number of urea groups is 1. The maximum Gasteiger partial charge on any atom is 0.409 e. The Kier molecular flexibility index (Phi) is 29.8. The number of nitrogens with two attached hydrogens (primary N) is 1. The van der Waals surface area contributed by atoms with E-state index >= 15 is 0 Å². The number of primary amides is 1. The van der Waals surface area contributed by atoms with Crippen molar-refractivity contribution < 1.29 is 76.7 Å². The Labute approximate surface area is 553 Å². The van der Waals surface area contributed by atoms with Gasteiger partial charge in [-0.05, 0) is 109 Å². The van der Waals surface area contributed by atoms with E-state index in [9.17, 15) is 48.3 Å². The number of aliphatic hydroxyl groups is 1. The molecule has 5 rings (SSSR count). The van der Waals surface area contributed by atoms with Gasteiger partial charge in [0, 0.05) is 62.9 Å². The Morgan fingerprint density at radius 1 is 1.00 bits per heavy atom. The standard InChI is InChI=1S/C59H80Br2Cl2N8O16.C3H8/c1-32-15-13-17-44(83-10)59(81)28-43(84-56(80)69-59)33(2)50-58(6,86-50)45(27-48(74)71(8)41-24-35(23-32)25-42(82-9)49(41)63)85-53(77)34(3)70(7)52(76)38-20-19-37(26-39(38)62)67-51(75)40(16-14-22-65-55(64)79)68-47(73)31-66-46(72)18-11-12-21-57(4,5)87-54(78)36(29-60)30-61;1-3-2/h13,15,17,19-20,24-26,33-34,36,40,43-45,50,81H,11-12,14,16,18,21-23,27-31H2,1-10H3,(H,66,72)(H,67,75)(H,68,73)(H,69,80)(H3,64,65,79);3H2,1-2H3/b17-13+,32-15+;/t33-,34+,40?,43?,44-,45+,50?,58+,59+;/m1./s1. The number of nitrogens with zero attached hydrogens (tertiary/aromatic N) is 2. The van der Waals surface area contributed by atoms with Crippen LogP contribution in [0.3, 0.4) is 0 Å². The van der Waals surface area contributed by atoms with Gasteiger partial charge in [0.25, 0.3) is 5.91 Å². The molecule has 3 aliphatic heterocycles. The fourth-order valence-corrected chi connectivity index (χ4v) is 12.2. The van der Waals surface area contributed by atoms with Gasteiger partial charge in [0.05, 0.1) is 48.4 Å². The Bertz CT molecular complexity index is 2950. The molecule has 0 spiro atoms. The summed E-state index contributed by atoms with van der Waals surface area (Å²) in [6.07, 6.45) is 3.00. The fourth-order valence-electron chi connectivity index (χ4n) is 10.1. The molecule has 3 heterocycles. The van der Waals surface area contributed by atoms with E-state index in [0.29, 0.717) is 47.8 Å². The van der Waals surface area contributed by atoms with E-state index in [4.69, 9.17) is 57.4 Å². The maximum atomic E-state index is 14.5. The Morgan fingerprint density at radius 3 is 2.30 bits per heavy atom. The molecule has 2 fully saturated rings. The van der Waals surface area contributed by atoms with Gasteiger partial charge < -0.3 is 70.3 Å². The highest BCUT2D eigenvalue weighted by molar-refractivity contribution is 9.09. The van der Waals surface area contributed by atoms with Crippen LogP contribution in [0.15, 0.2) is 54.1 Å². The summed E-state index contributed by atoms with van der Waals surface area (Å²) in [6.45, 7) is 14.1. The van der Waals surface area contributed by atoms with Crippen molar-refractivity contribution in [2.24, 2.45) is 17.6 Å². The zero-order valence-corrected chi connectivity index (χ0v) is 57.9. The van der Waals surface area contributed by atoms with Crippen molar-refractivity contribution in [2.75, 3.05) is 62.3 Å². The predicted molar refractivity (Wildman–Crippen MR) is 348 cm³/mol. The number of likely N-dealkylation sites (N-methyl/N-ethyl adjacent to an activating group) is 1. The van der Waals surface area contributed by atoms with Gasteiger partial charge in [0.1, 0.15) is 52.4 Å². The number of fused-ring (bicyclic) bond motifs is 5. The molecule has 8 amide bonds. The lowest BCUT2D eigenvalue weighted by Gasteiger charge is -2.42. The lowest BCUT2D eigenvalue weighted by molar-refractivity contribution is -0.161. The first-order valence-electron chi connectivity index (χ1n) is 29.7. The molecule has 9 atom stereocenters. The number of hydrogen-bond acceptors (Lipinski definition) is 16. The summed E-state index contributed by atoms with van der Waals surface area (Å²) in [4.78, 5) is 122. The maximum absolute atomic E-state index is 14.5. The third kappa shape index (κ3) is 21.8. The monoisotopic (exact) mass is 1430 g/mol. The summed E-state index contributed by atoms with van der Waals surface area (Å²) < 4.78 is 35.2. The normalized spacial score (nSPS) is 23.2. The number of methoxy groups -OCH3 is 2. The average Bonchev–Trinajstić information content (AvgIpc) is 1.57. The topological polar surface area (TPSA) is 325 Å². The van der Waals surface area contributed by atoms with E-state index in [-0.39, 0.29) is 65.4 Å². The molecule has 3 aliphatic rings. The van der Waals surface area contributed by atoms with Crippen molar-refractivity contribution in [3.63, 3.8) is 0 Å². The second-order valence-corrected chi connectivity index (χ2v) is 25.5. The number of benzene rings is 2. The number of allylic oxidation sites excluding steroid dienone is 3. The second kappa shape index (κ2) is 35.1. The molecule has 0 aromatic heterocycles. The summed E-state index contributed by atoms with van der Waals surface area (Å²) >= 11 is 20.2. The van der Waals surface area contributed by atoms with E-state index < -0.39 is 120 Å². The minimum Gasteiger partial charge on any atom is -0.495 e. The van der Waals surface area contributed by atoms with Crippen LogP contribution in [0.5, 0.6) is 5.75 Å². The van der Waals surface area contributed by atoms with Gasteiger partial charge in [-0.3, -0.25) is 34.1 Å². The molecule has 28 heteroatoms. The van der Waals surface area contributed by atoms with Crippen molar-refractivity contribution in [1.29, 1.82) is 0 Å². The number of alkyl halides is 2. The molecule has 2 aromatic rings. The molecule has 24 nitrogen and oxygen atoms in total. The number of unbranched alkanes of at least 4 members (excludes halogenated alkanes) is 1. The zero-order valence-electron chi connectivity index (χ0n) is 53.2. The third-order valence-electron chi connectivity index (χ3n) is 15.5. The predicted octanol–water partition coefficient (Wildman–Crippen LogP) is 8.17. The van der Waals surface area contributed by atoms with E-state index in [0.717, 1.165) is 16.0 Å². The summed E-state index contributed by atoms with van der Waals surface area (Å²) in [6, 6.07) is 4.21. The van der Waals surface area contributed by atoms with E-state index in [1.807, 2.05) is 13.0 Å². The number of rotatable bonds is 24. The van der Waals surface area contributed by atoms with Gasteiger partial charge in [-0.1, -0.05) is 106 Å². The first-order valence-corrected chi connectivity index (χ1v) is 32.7. The van der Waals surface area contributed by atoms with Crippen LogP contribution in [-0.2, 0) is 58.9 Å². The summed E-state index contributed by atoms with van der Waals surface area (Å²) in [5, 5.41) is 25.6. The van der Waals surface area contributed by atoms with Crippen LogP contribution in [-0.4, -0.2) is 169 Å². The Morgan fingerprint density at radius 2 is 1.68 bits per heavy atom. The van der Waals surface area contributed by atoms with Gasteiger partial charge in [-0.2, -0.15) is 0 Å². The molecule has 3 unspecified atom stereocenters. The number of hydrogen-bond donors (Lipinski definition) is 7. The fraction of sp³-hybridized carbons (Fsp3) is 0.597. The summed E-state index contributed by atoms with van der Waals surface area (Å²) in [5.74, 6) is -5.03. The van der Waals surface area contributed by atoms with Crippen molar-refractivity contribution in [2.45, 2.75) is 173 Å². The SMILES string of the molecule is CCC.COc1cc2cc(c1Cl)N(C)C(=O)C[C@H](OC(=O)[C@H](C)N(C)C(=O)c1ccc(NC(=O)C(CCCNC(N)=O)NC(=O)CNC(=O)CCCCC(C)(C)OC(=O)C(CBr)CBr)cc1Cl)[C@]1(C)OC1[C@H](C)C1C[C@@](O)(NC(=O)O1)[C@H](OC)/C=C/C=C(\C)C2. The van der Waals surface area contributed by atoms with Gasteiger partial charge in [0.2, 0.25) is 23.6 Å². The van der Waals surface area contributed by atoms with Crippen molar-refractivity contribution in [1.82, 2.24) is 26.2 Å². The Hall–Kier alpha value is -6.03. The Balaban J connectivity index is 0.00000565. The number of amides is 8. The second-order valence-electron chi connectivity index (χ2n) is 23.4. The lowest BCUT2D eigenvalue weighted by Crippen LogP contribution is -2.63. The van der Waals surface area contributed by atoms with Crippen LogP contribution < -0.4 is 42.0 Å². The number of alkyl carbamates (subject to hydrolysis) is 1. The lowest BCUT2D eigenvalue weighted by atomic mass is 9.83. The van der Waals surface area contributed by atoms with Crippen LogP contribution in [0, 0.1) is 11.8 Å². The molecule has 90 heavy (non-hydrogen) atoms. The number of nitrogens with one attached hydrogen (secondary N) is 5. The molecule has 500 valence electrons. The highest BCUT2D eigenvalue weighted by Gasteiger charge is 2.64. The van der Waals surface area contributed by atoms with Crippen LogP contribution in [0.4, 0.5) is 21.0 Å². The zero-order chi connectivity index (χ0) is 67.4. The molecule has 0 aliphatic carbocycles. The minimum absolute atomic E-state index is 0.0262. The molecule has 2 saturated heterocycles. The third-order valence-corrected chi connectivity index (χ3v) is 17.8. The molecular weight excluding hydrogens is 1340 g/mol. The number of esters is 2. The van der Waals surface area contributed by atoms with Gasteiger partial charge >= 0.3 is 24.1 Å². The number of carbonyl (C=O) groups excluding carboxylic acids is 9. The number of carbonyl (C=O) groups is 9. The number of epoxide rings is 1. The van der Waals surface area contributed by atoms with E-state index in [1.54, 1.807) is 52.0 Å². The van der Waals surface area contributed by atoms with Crippen molar-refractivity contribution in [3.05, 3.63) is 75.3 Å². The van der Waals surface area contributed by atoms with E-state index in [2.05, 4.69) is 72.3 Å². The largest absolute Gasteiger partial charge is 0.495 e. The van der Waals surface area contributed by atoms with Crippen LogP contribution in [0.25, 0.3) is 0 Å². The molecule has 0 saturated carbocycles. The molecule has 2 aromatic carbocycles. The highest BCUT2D eigenvalue weighted by Crippen LogP contribution is 2.49. The number of halogens is 4. The van der Waals surface area contributed by atoms with Crippen LogP contribution >= 0.6 is 55.1 Å².